The molecule has 5 rings (SSSR count). The van der Waals surface area contributed by atoms with Gasteiger partial charge in [0.2, 0.25) is 0 Å². The summed E-state index contributed by atoms with van der Waals surface area (Å²) >= 11 is 5.99. The standard InChI is InChI=1S/C19H19ClN4O2/c20-15-3-1-14(2-4-15)16-13-17-18(21-7-10-24(17)22-16)23-8-5-19(6-9-23)25-11-12-26-19/h1-4,7,10,13H,5-6,8-9,11-12H2. The molecular formula is C19H19ClN4O2. The quantitative estimate of drug-likeness (QED) is 0.692. The fourth-order valence-electron chi connectivity index (χ4n) is 3.76. The summed E-state index contributed by atoms with van der Waals surface area (Å²) in [5.74, 6) is 0.573. The molecule has 26 heavy (non-hydrogen) atoms. The Balaban J connectivity index is 1.46. The van der Waals surface area contributed by atoms with E-state index in [9.17, 15) is 0 Å². The SMILES string of the molecule is Clc1ccc(-c2cc3c(N4CCC5(CC4)OCCO5)nccn3n2)cc1. The van der Waals surface area contributed by atoms with Crippen molar-refractivity contribution < 1.29 is 9.47 Å². The van der Waals surface area contributed by atoms with Gasteiger partial charge in [-0.2, -0.15) is 5.10 Å². The highest BCUT2D eigenvalue weighted by molar-refractivity contribution is 6.30. The Morgan fingerprint density at radius 3 is 2.50 bits per heavy atom. The van der Waals surface area contributed by atoms with Crippen LogP contribution in [0.5, 0.6) is 0 Å². The Labute approximate surface area is 156 Å². The van der Waals surface area contributed by atoms with Crippen LogP contribution in [0.25, 0.3) is 16.8 Å². The molecule has 1 spiro atoms. The van der Waals surface area contributed by atoms with E-state index in [1.54, 1.807) is 6.20 Å². The van der Waals surface area contributed by atoms with Gasteiger partial charge in [0.1, 0.15) is 5.52 Å². The molecule has 0 aliphatic carbocycles. The zero-order chi connectivity index (χ0) is 17.6. The number of aromatic nitrogens is 3. The van der Waals surface area contributed by atoms with Crippen LogP contribution in [0, 0.1) is 0 Å². The van der Waals surface area contributed by atoms with Crippen LogP contribution >= 0.6 is 11.6 Å². The van der Waals surface area contributed by atoms with E-state index in [1.807, 2.05) is 35.0 Å². The fourth-order valence-corrected chi connectivity index (χ4v) is 3.88. The first-order valence-electron chi connectivity index (χ1n) is 8.86. The summed E-state index contributed by atoms with van der Waals surface area (Å²) in [7, 11) is 0. The molecule has 2 aromatic heterocycles. The molecule has 0 bridgehead atoms. The van der Waals surface area contributed by atoms with Crippen LogP contribution in [0.15, 0.2) is 42.7 Å². The van der Waals surface area contributed by atoms with Gasteiger partial charge >= 0.3 is 0 Å². The zero-order valence-corrected chi connectivity index (χ0v) is 15.0. The Kier molecular flexibility index (Phi) is 3.85. The Hall–Kier alpha value is -2.15. The molecule has 4 heterocycles. The third-order valence-electron chi connectivity index (χ3n) is 5.15. The summed E-state index contributed by atoms with van der Waals surface area (Å²) in [5, 5.41) is 5.42. The van der Waals surface area contributed by atoms with Crippen molar-refractivity contribution in [3.05, 3.63) is 47.7 Å². The highest BCUT2D eigenvalue weighted by atomic mass is 35.5. The Morgan fingerprint density at radius 1 is 1.04 bits per heavy atom. The van der Waals surface area contributed by atoms with Gasteiger partial charge in [0.25, 0.3) is 0 Å². The summed E-state index contributed by atoms with van der Waals surface area (Å²) in [5.41, 5.74) is 2.95. The van der Waals surface area contributed by atoms with Crippen LogP contribution in [-0.4, -0.2) is 46.7 Å². The van der Waals surface area contributed by atoms with Crippen molar-refractivity contribution in [2.75, 3.05) is 31.2 Å². The second kappa shape index (κ2) is 6.23. The third-order valence-corrected chi connectivity index (χ3v) is 5.40. The van der Waals surface area contributed by atoms with Crippen LogP contribution < -0.4 is 4.90 Å². The normalized spacial score (nSPS) is 19.5. The molecule has 2 aliphatic rings. The first-order chi connectivity index (χ1) is 12.7. The molecule has 134 valence electrons. The second-order valence-electron chi connectivity index (χ2n) is 6.71. The summed E-state index contributed by atoms with van der Waals surface area (Å²) in [6, 6.07) is 9.81. The van der Waals surface area contributed by atoms with Crippen molar-refractivity contribution in [1.82, 2.24) is 14.6 Å². The van der Waals surface area contributed by atoms with E-state index in [2.05, 4.69) is 16.0 Å². The van der Waals surface area contributed by atoms with Gasteiger partial charge in [-0.15, -0.1) is 0 Å². The second-order valence-corrected chi connectivity index (χ2v) is 7.15. The van der Waals surface area contributed by atoms with Crippen molar-refractivity contribution in [3.8, 4) is 11.3 Å². The lowest BCUT2D eigenvalue weighted by Gasteiger charge is -2.38. The van der Waals surface area contributed by atoms with Gasteiger partial charge in [-0.1, -0.05) is 23.7 Å². The van der Waals surface area contributed by atoms with Gasteiger partial charge in [-0.25, -0.2) is 9.50 Å². The van der Waals surface area contributed by atoms with E-state index in [4.69, 9.17) is 26.2 Å². The average Bonchev–Trinajstić information content (AvgIpc) is 3.30. The van der Waals surface area contributed by atoms with Crippen molar-refractivity contribution in [3.63, 3.8) is 0 Å². The predicted octanol–water partition coefficient (Wildman–Crippen LogP) is 3.39. The molecule has 0 amide bonds. The lowest BCUT2D eigenvalue weighted by molar-refractivity contribution is -0.169. The number of ether oxygens (including phenoxy) is 2. The molecule has 6 nitrogen and oxygen atoms in total. The number of nitrogens with zero attached hydrogens (tertiary/aromatic N) is 4. The summed E-state index contributed by atoms with van der Waals surface area (Å²) in [4.78, 5) is 6.92. The van der Waals surface area contributed by atoms with Crippen LogP contribution in [0.1, 0.15) is 12.8 Å². The van der Waals surface area contributed by atoms with Crippen LogP contribution in [0.4, 0.5) is 5.82 Å². The molecule has 2 aliphatic heterocycles. The van der Waals surface area contributed by atoms with Crippen molar-refractivity contribution in [2.45, 2.75) is 18.6 Å². The lowest BCUT2D eigenvalue weighted by Crippen LogP contribution is -2.45. The molecule has 2 fully saturated rings. The van der Waals surface area contributed by atoms with Gasteiger partial charge in [0, 0.05) is 48.9 Å². The van der Waals surface area contributed by atoms with Crippen molar-refractivity contribution in [2.24, 2.45) is 0 Å². The highest BCUT2D eigenvalue weighted by Crippen LogP contribution is 2.34. The average molecular weight is 371 g/mol. The maximum Gasteiger partial charge on any atom is 0.171 e. The molecule has 0 saturated carbocycles. The van der Waals surface area contributed by atoms with E-state index in [0.29, 0.717) is 13.2 Å². The number of benzene rings is 1. The maximum atomic E-state index is 5.99. The molecule has 0 radical (unpaired) electrons. The molecule has 7 heteroatoms. The number of fused-ring (bicyclic) bond motifs is 1. The largest absolute Gasteiger partial charge is 0.354 e. The van der Waals surface area contributed by atoms with Gasteiger partial charge in [-0.05, 0) is 18.2 Å². The number of hydrogen-bond donors (Lipinski definition) is 0. The van der Waals surface area contributed by atoms with E-state index in [1.165, 1.54) is 0 Å². The molecule has 2 saturated heterocycles. The number of hydrogen-bond acceptors (Lipinski definition) is 5. The summed E-state index contributed by atoms with van der Waals surface area (Å²) in [6.45, 7) is 3.10. The predicted molar refractivity (Wildman–Crippen MR) is 99.5 cm³/mol. The number of anilines is 1. The minimum atomic E-state index is -0.379. The smallest absolute Gasteiger partial charge is 0.171 e. The summed E-state index contributed by atoms with van der Waals surface area (Å²) in [6.07, 6.45) is 5.39. The number of piperidine rings is 1. The van der Waals surface area contributed by atoms with Crippen LogP contribution in [-0.2, 0) is 9.47 Å². The maximum absolute atomic E-state index is 5.99. The van der Waals surface area contributed by atoms with E-state index in [0.717, 1.165) is 53.5 Å². The van der Waals surface area contributed by atoms with Crippen LogP contribution in [0.3, 0.4) is 0 Å². The monoisotopic (exact) mass is 370 g/mol. The van der Waals surface area contributed by atoms with E-state index >= 15 is 0 Å². The number of rotatable bonds is 2. The fraction of sp³-hybridized carbons (Fsp3) is 0.368. The molecule has 1 aromatic carbocycles. The first-order valence-corrected chi connectivity index (χ1v) is 9.23. The first kappa shape index (κ1) is 16.1. The van der Waals surface area contributed by atoms with E-state index < -0.39 is 0 Å². The Morgan fingerprint density at radius 2 is 1.77 bits per heavy atom. The topological polar surface area (TPSA) is 51.9 Å². The Bertz CT molecular complexity index is 924. The molecule has 0 atom stereocenters. The molecular weight excluding hydrogens is 352 g/mol. The van der Waals surface area contributed by atoms with Crippen LogP contribution in [0.2, 0.25) is 5.02 Å². The molecule has 3 aromatic rings. The number of halogens is 1. The zero-order valence-electron chi connectivity index (χ0n) is 14.3. The lowest BCUT2D eigenvalue weighted by atomic mass is 10.0. The van der Waals surface area contributed by atoms with Crippen molar-refractivity contribution >= 4 is 22.9 Å². The van der Waals surface area contributed by atoms with Gasteiger partial charge in [0.15, 0.2) is 11.6 Å². The summed E-state index contributed by atoms with van der Waals surface area (Å²) < 4.78 is 13.5. The molecule has 0 N–H and O–H groups in total. The highest BCUT2D eigenvalue weighted by Gasteiger charge is 2.40. The minimum absolute atomic E-state index is 0.379. The van der Waals surface area contributed by atoms with Crippen molar-refractivity contribution in [1.29, 1.82) is 0 Å². The molecule has 0 unspecified atom stereocenters. The van der Waals surface area contributed by atoms with Gasteiger partial charge in [0.05, 0.1) is 18.9 Å². The van der Waals surface area contributed by atoms with E-state index in [-0.39, 0.29) is 5.79 Å². The minimum Gasteiger partial charge on any atom is -0.354 e. The third kappa shape index (κ3) is 2.74. The van der Waals surface area contributed by atoms with Gasteiger partial charge < -0.3 is 14.4 Å². The van der Waals surface area contributed by atoms with Gasteiger partial charge in [-0.3, -0.25) is 0 Å².